The summed E-state index contributed by atoms with van der Waals surface area (Å²) in [7, 11) is 0. The largest absolute Gasteiger partial charge is 0.236 e. The fourth-order valence-corrected chi connectivity index (χ4v) is 6.28. The van der Waals surface area contributed by atoms with Crippen molar-refractivity contribution in [3.8, 4) is 27.9 Å². The lowest BCUT2D eigenvalue weighted by atomic mass is 10.1. The predicted molar refractivity (Wildman–Crippen MR) is 105 cm³/mol. The van der Waals surface area contributed by atoms with Gasteiger partial charge in [-0.1, -0.05) is 36.4 Å². The molecule has 0 unspecified atom stereocenters. The maximum atomic E-state index is 8.89. The predicted octanol–water partition coefficient (Wildman–Crippen LogP) is 5.83. The van der Waals surface area contributed by atoms with Crippen LogP contribution in [0, 0.1) is 11.3 Å². The van der Waals surface area contributed by atoms with Crippen LogP contribution in [0.4, 0.5) is 0 Å². The molecule has 0 atom stereocenters. The highest BCUT2D eigenvalue weighted by Gasteiger charge is 2.18. The minimum Gasteiger partial charge on any atom is -0.236 e. The first kappa shape index (κ1) is 15.8. The van der Waals surface area contributed by atoms with Gasteiger partial charge in [0.1, 0.15) is 5.01 Å². The number of aromatic nitrogens is 1. The van der Waals surface area contributed by atoms with E-state index in [-0.39, 0.29) is 0 Å². The number of thiazole rings is 1. The lowest BCUT2D eigenvalue weighted by Crippen LogP contribution is -1.85. The number of hydrogen-bond acceptors (Lipinski definition) is 5. The van der Waals surface area contributed by atoms with Crippen molar-refractivity contribution < 1.29 is 0 Å². The van der Waals surface area contributed by atoms with Crippen molar-refractivity contribution in [2.24, 2.45) is 0 Å². The molecular weight excluding hydrogens is 352 g/mol. The van der Waals surface area contributed by atoms with E-state index in [9.17, 15) is 0 Å². The molecule has 1 fully saturated rings. The van der Waals surface area contributed by atoms with Gasteiger partial charge in [-0.15, -0.1) is 34.9 Å². The van der Waals surface area contributed by atoms with E-state index in [1.165, 1.54) is 17.1 Å². The molecular formula is C19H14N2S3. The molecule has 0 amide bonds. The van der Waals surface area contributed by atoms with Crippen molar-refractivity contribution in [3.05, 3.63) is 65.0 Å². The number of hydrogen-bond donors (Lipinski definition) is 0. The molecule has 118 valence electrons. The number of rotatable bonds is 3. The Kier molecular flexibility index (Phi) is 4.61. The molecule has 0 radical (unpaired) electrons. The monoisotopic (exact) mass is 366 g/mol. The molecule has 1 aromatic heterocycles. The third kappa shape index (κ3) is 3.23. The van der Waals surface area contributed by atoms with Gasteiger partial charge in [0.25, 0.3) is 0 Å². The number of benzene rings is 2. The van der Waals surface area contributed by atoms with Crippen LogP contribution in [-0.4, -0.2) is 16.5 Å². The fourth-order valence-electron chi connectivity index (χ4n) is 2.59. The summed E-state index contributed by atoms with van der Waals surface area (Å²) < 4.78 is 0.588. The van der Waals surface area contributed by atoms with Crippen LogP contribution in [0.3, 0.4) is 0 Å². The number of thioether (sulfide) groups is 2. The second-order valence-electron chi connectivity index (χ2n) is 5.42. The van der Waals surface area contributed by atoms with Crippen molar-refractivity contribution in [1.82, 2.24) is 4.98 Å². The molecule has 0 N–H and O–H groups in total. The molecule has 2 heterocycles. The zero-order valence-electron chi connectivity index (χ0n) is 12.8. The lowest BCUT2D eigenvalue weighted by Gasteiger charge is -2.08. The topological polar surface area (TPSA) is 36.7 Å². The standard InChI is InChI=1S/C19H14N2S3/c20-11-13-1-3-14(4-2-13)17-12-24-18(21-17)15-5-7-16(8-6-15)19-22-9-10-23-19/h1-8,12,19H,9-10H2. The Morgan fingerprint density at radius 1 is 0.917 bits per heavy atom. The molecule has 1 saturated heterocycles. The van der Waals surface area contributed by atoms with E-state index in [0.29, 0.717) is 10.1 Å². The summed E-state index contributed by atoms with van der Waals surface area (Å²) in [5.74, 6) is 2.50. The second-order valence-corrected chi connectivity index (χ2v) is 9.01. The third-order valence-electron chi connectivity index (χ3n) is 3.87. The van der Waals surface area contributed by atoms with Gasteiger partial charge in [0.15, 0.2) is 0 Å². The van der Waals surface area contributed by atoms with Crippen molar-refractivity contribution in [2.75, 3.05) is 11.5 Å². The number of nitrogens with zero attached hydrogens (tertiary/aromatic N) is 2. The van der Waals surface area contributed by atoms with Crippen LogP contribution in [0.15, 0.2) is 53.9 Å². The third-order valence-corrected chi connectivity index (χ3v) is 7.86. The maximum Gasteiger partial charge on any atom is 0.124 e. The van der Waals surface area contributed by atoms with Gasteiger partial charge in [-0.25, -0.2) is 4.98 Å². The van der Waals surface area contributed by atoms with E-state index in [2.05, 4.69) is 35.7 Å². The first-order valence-electron chi connectivity index (χ1n) is 7.63. The average molecular weight is 367 g/mol. The smallest absolute Gasteiger partial charge is 0.124 e. The summed E-state index contributed by atoms with van der Waals surface area (Å²) in [5.41, 5.74) is 5.25. The maximum absolute atomic E-state index is 8.89. The van der Waals surface area contributed by atoms with Gasteiger partial charge < -0.3 is 0 Å². The Balaban J connectivity index is 1.56. The molecule has 0 spiro atoms. The first-order chi connectivity index (χ1) is 11.8. The Morgan fingerprint density at radius 2 is 1.58 bits per heavy atom. The zero-order chi connectivity index (χ0) is 16.4. The van der Waals surface area contributed by atoms with E-state index in [1.54, 1.807) is 11.3 Å². The average Bonchev–Trinajstić information content (AvgIpc) is 3.34. The molecule has 4 rings (SSSR count). The lowest BCUT2D eigenvalue weighted by molar-refractivity contribution is 1.37. The van der Waals surface area contributed by atoms with E-state index >= 15 is 0 Å². The molecule has 1 aliphatic rings. The van der Waals surface area contributed by atoms with E-state index in [1.807, 2.05) is 47.8 Å². The van der Waals surface area contributed by atoms with Crippen LogP contribution in [0.1, 0.15) is 15.7 Å². The summed E-state index contributed by atoms with van der Waals surface area (Å²) in [4.78, 5) is 4.76. The number of nitriles is 1. The summed E-state index contributed by atoms with van der Waals surface area (Å²) in [6, 6.07) is 18.5. The van der Waals surface area contributed by atoms with E-state index in [0.717, 1.165) is 21.8 Å². The van der Waals surface area contributed by atoms with Gasteiger partial charge >= 0.3 is 0 Å². The highest BCUT2D eigenvalue weighted by Crippen LogP contribution is 2.45. The van der Waals surface area contributed by atoms with E-state index < -0.39 is 0 Å². The molecule has 3 aromatic rings. The quantitative estimate of drug-likeness (QED) is 0.584. The van der Waals surface area contributed by atoms with Crippen LogP contribution in [-0.2, 0) is 0 Å². The van der Waals surface area contributed by atoms with Crippen molar-refractivity contribution in [1.29, 1.82) is 5.26 Å². The summed E-state index contributed by atoms with van der Waals surface area (Å²) in [5, 5.41) is 12.0. The highest BCUT2D eigenvalue weighted by atomic mass is 32.2. The zero-order valence-corrected chi connectivity index (χ0v) is 15.3. The minimum atomic E-state index is 0.588. The summed E-state index contributed by atoms with van der Waals surface area (Å²) >= 11 is 5.72. The van der Waals surface area contributed by atoms with Crippen LogP contribution >= 0.6 is 34.9 Å². The van der Waals surface area contributed by atoms with E-state index in [4.69, 9.17) is 10.2 Å². The molecule has 5 heteroatoms. The molecule has 0 aliphatic carbocycles. The summed E-state index contributed by atoms with van der Waals surface area (Å²) in [6.07, 6.45) is 0. The molecule has 2 nitrogen and oxygen atoms in total. The minimum absolute atomic E-state index is 0.588. The Morgan fingerprint density at radius 3 is 2.25 bits per heavy atom. The molecule has 0 bridgehead atoms. The van der Waals surface area contributed by atoms with Crippen molar-refractivity contribution in [3.63, 3.8) is 0 Å². The van der Waals surface area contributed by atoms with Gasteiger partial charge in [0.2, 0.25) is 0 Å². The molecule has 24 heavy (non-hydrogen) atoms. The van der Waals surface area contributed by atoms with Crippen LogP contribution in [0.5, 0.6) is 0 Å². The Bertz CT molecular complexity index is 870. The van der Waals surface area contributed by atoms with Gasteiger partial charge in [0.05, 0.1) is 21.9 Å². The Labute approximate surface area is 153 Å². The van der Waals surface area contributed by atoms with Gasteiger partial charge in [-0.3, -0.25) is 0 Å². The molecule has 2 aromatic carbocycles. The highest BCUT2D eigenvalue weighted by molar-refractivity contribution is 8.19. The first-order valence-corrected chi connectivity index (χ1v) is 10.6. The van der Waals surface area contributed by atoms with Crippen LogP contribution in [0.25, 0.3) is 21.8 Å². The fraction of sp³-hybridized carbons (Fsp3) is 0.158. The van der Waals surface area contributed by atoms with Gasteiger partial charge in [-0.2, -0.15) is 5.26 Å². The van der Waals surface area contributed by atoms with Crippen LogP contribution in [0.2, 0.25) is 0 Å². The molecule has 1 aliphatic heterocycles. The molecule has 0 saturated carbocycles. The van der Waals surface area contributed by atoms with Crippen molar-refractivity contribution in [2.45, 2.75) is 4.58 Å². The normalized spacial score (nSPS) is 14.6. The SMILES string of the molecule is N#Cc1ccc(-c2csc(-c3ccc(C4SCCS4)cc3)n2)cc1. The van der Waals surface area contributed by atoms with Gasteiger partial charge in [-0.05, 0) is 17.7 Å². The van der Waals surface area contributed by atoms with Crippen molar-refractivity contribution >= 4 is 34.9 Å². The second kappa shape index (κ2) is 7.02. The summed E-state index contributed by atoms with van der Waals surface area (Å²) in [6.45, 7) is 0. The van der Waals surface area contributed by atoms with Crippen LogP contribution < -0.4 is 0 Å². The Hall–Kier alpha value is -1.74. The van der Waals surface area contributed by atoms with Gasteiger partial charge in [0, 0.05) is 28.0 Å².